The van der Waals surface area contributed by atoms with Crippen LogP contribution in [0.2, 0.25) is 0 Å². The minimum Gasteiger partial charge on any atom is -0.394 e. The lowest BCUT2D eigenvalue weighted by Crippen LogP contribution is -2.45. The minimum absolute atomic E-state index is 0.0854. The van der Waals surface area contributed by atoms with E-state index in [4.69, 9.17) is 0 Å². The molecule has 0 aliphatic carbocycles. The van der Waals surface area contributed by atoms with Gasteiger partial charge in [-0.2, -0.15) is 0 Å². The second kappa shape index (κ2) is 33.1. The number of amides is 1. The molecule has 0 fully saturated rings. The minimum atomic E-state index is -0.861. The third kappa shape index (κ3) is 29.9. The van der Waals surface area contributed by atoms with Crippen molar-refractivity contribution in [2.24, 2.45) is 0 Å². The van der Waals surface area contributed by atoms with E-state index in [0.717, 1.165) is 44.9 Å². The summed E-state index contributed by atoms with van der Waals surface area (Å²) in [4.78, 5) is 12.3. The first-order valence-electron chi connectivity index (χ1n) is 17.7. The number of hydrogen-bond acceptors (Lipinski definition) is 3. The normalized spacial score (nSPS) is 13.6. The number of aliphatic hydroxyl groups is 2. The molecule has 0 saturated carbocycles. The van der Waals surface area contributed by atoms with Crippen LogP contribution in [0, 0.1) is 0 Å². The Hall–Kier alpha value is -1.39. The van der Waals surface area contributed by atoms with E-state index in [0.29, 0.717) is 6.42 Å². The van der Waals surface area contributed by atoms with Crippen LogP contribution in [0.25, 0.3) is 0 Å². The van der Waals surface area contributed by atoms with E-state index in [9.17, 15) is 15.0 Å². The number of carbonyl (C=O) groups excluding carboxylic acids is 1. The van der Waals surface area contributed by atoms with Crippen molar-refractivity contribution in [3.63, 3.8) is 0 Å². The van der Waals surface area contributed by atoms with Crippen molar-refractivity contribution < 1.29 is 15.0 Å². The van der Waals surface area contributed by atoms with Gasteiger partial charge < -0.3 is 15.5 Å². The van der Waals surface area contributed by atoms with Crippen molar-refractivity contribution in [2.75, 3.05) is 6.61 Å². The summed E-state index contributed by atoms with van der Waals surface area (Å²) >= 11 is 0. The van der Waals surface area contributed by atoms with Crippen LogP contribution >= 0.6 is 0 Å². The molecule has 0 radical (unpaired) electrons. The van der Waals surface area contributed by atoms with Gasteiger partial charge in [0, 0.05) is 6.42 Å². The summed E-state index contributed by atoms with van der Waals surface area (Å²) < 4.78 is 0. The number of nitrogens with one attached hydrogen (secondary N) is 1. The van der Waals surface area contributed by atoms with Crippen molar-refractivity contribution in [3.05, 3.63) is 36.5 Å². The number of allylic oxidation sites excluding steroid dienone is 5. The standard InChI is InChI=1S/C37H69NO3/c1-3-5-7-9-11-13-15-16-17-18-19-20-21-23-25-27-29-31-33-37(41)38-35(34-39)36(40)32-30-28-26-24-22-14-12-10-8-6-4-2/h19-20,22,24,30,32,35-36,39-40H,3-18,21,23,25-29,31,33-34H2,1-2H3,(H,38,41)/b20-19-,24-22+,32-30+. The van der Waals surface area contributed by atoms with Crippen LogP contribution in [0.15, 0.2) is 36.5 Å². The molecule has 240 valence electrons. The zero-order valence-electron chi connectivity index (χ0n) is 27.3. The molecular formula is C37H69NO3. The van der Waals surface area contributed by atoms with Crippen LogP contribution in [0.4, 0.5) is 0 Å². The maximum Gasteiger partial charge on any atom is 0.220 e. The topological polar surface area (TPSA) is 69.6 Å². The molecule has 0 aromatic carbocycles. The maximum atomic E-state index is 12.3. The lowest BCUT2D eigenvalue weighted by atomic mass is 10.1. The van der Waals surface area contributed by atoms with Crippen molar-refractivity contribution in [2.45, 2.75) is 187 Å². The van der Waals surface area contributed by atoms with Gasteiger partial charge in [-0.3, -0.25) is 4.79 Å². The maximum absolute atomic E-state index is 12.3. The fourth-order valence-corrected chi connectivity index (χ4v) is 5.07. The fourth-order valence-electron chi connectivity index (χ4n) is 5.07. The van der Waals surface area contributed by atoms with E-state index in [1.807, 2.05) is 6.08 Å². The SMILES string of the molecule is CCCCCCC/C=C/CC/C=C/C(O)C(CO)NC(=O)CCCCCCC/C=C\CCCCCCCCCCC. The van der Waals surface area contributed by atoms with Crippen LogP contribution in [-0.2, 0) is 4.79 Å². The summed E-state index contributed by atoms with van der Waals surface area (Å²) in [5.41, 5.74) is 0. The van der Waals surface area contributed by atoms with Gasteiger partial charge in [-0.05, 0) is 57.8 Å². The third-order valence-electron chi connectivity index (χ3n) is 7.85. The molecule has 0 aliphatic rings. The first-order valence-corrected chi connectivity index (χ1v) is 17.7. The highest BCUT2D eigenvalue weighted by Gasteiger charge is 2.17. The third-order valence-corrected chi connectivity index (χ3v) is 7.85. The van der Waals surface area contributed by atoms with Gasteiger partial charge in [0.25, 0.3) is 0 Å². The molecule has 0 bridgehead atoms. The van der Waals surface area contributed by atoms with Crippen LogP contribution in [0.3, 0.4) is 0 Å². The van der Waals surface area contributed by atoms with Crippen molar-refractivity contribution >= 4 is 5.91 Å². The molecular weight excluding hydrogens is 506 g/mol. The van der Waals surface area contributed by atoms with Crippen molar-refractivity contribution in [1.29, 1.82) is 0 Å². The first-order chi connectivity index (χ1) is 20.2. The Morgan fingerprint density at radius 2 is 0.951 bits per heavy atom. The van der Waals surface area contributed by atoms with Gasteiger partial charge in [-0.25, -0.2) is 0 Å². The Labute approximate surface area is 255 Å². The van der Waals surface area contributed by atoms with Crippen LogP contribution in [-0.4, -0.2) is 34.9 Å². The number of rotatable bonds is 31. The van der Waals surface area contributed by atoms with Gasteiger partial charge in [0.05, 0.1) is 18.8 Å². The predicted octanol–water partition coefficient (Wildman–Crippen LogP) is 10.3. The molecule has 0 heterocycles. The van der Waals surface area contributed by atoms with E-state index >= 15 is 0 Å². The van der Waals surface area contributed by atoms with Gasteiger partial charge in [-0.15, -0.1) is 0 Å². The molecule has 2 atom stereocenters. The first kappa shape index (κ1) is 39.6. The molecule has 1 amide bonds. The Morgan fingerprint density at radius 1 is 0.561 bits per heavy atom. The zero-order valence-corrected chi connectivity index (χ0v) is 27.3. The van der Waals surface area contributed by atoms with Crippen molar-refractivity contribution in [1.82, 2.24) is 5.32 Å². The lowest BCUT2D eigenvalue weighted by molar-refractivity contribution is -0.123. The molecule has 0 aromatic rings. The summed E-state index contributed by atoms with van der Waals surface area (Å²) in [5.74, 6) is -0.0854. The largest absolute Gasteiger partial charge is 0.394 e. The highest BCUT2D eigenvalue weighted by Crippen LogP contribution is 2.12. The summed E-state index contributed by atoms with van der Waals surface area (Å²) in [5, 5.41) is 22.8. The number of carbonyl (C=O) groups is 1. The highest BCUT2D eigenvalue weighted by atomic mass is 16.3. The summed E-state index contributed by atoms with van der Waals surface area (Å²) in [7, 11) is 0. The van der Waals surface area contributed by atoms with Gasteiger partial charge in [-0.1, -0.05) is 147 Å². The van der Waals surface area contributed by atoms with Gasteiger partial charge in [0.15, 0.2) is 0 Å². The van der Waals surface area contributed by atoms with Crippen molar-refractivity contribution in [3.8, 4) is 0 Å². The number of hydrogen-bond donors (Lipinski definition) is 3. The average Bonchev–Trinajstić information content (AvgIpc) is 2.97. The Bertz CT molecular complexity index is 628. The average molecular weight is 576 g/mol. The highest BCUT2D eigenvalue weighted by molar-refractivity contribution is 5.76. The monoisotopic (exact) mass is 576 g/mol. The molecule has 4 nitrogen and oxygen atoms in total. The molecule has 0 rings (SSSR count). The second-order valence-electron chi connectivity index (χ2n) is 11.9. The molecule has 0 saturated heterocycles. The summed E-state index contributed by atoms with van der Waals surface area (Å²) in [6.45, 7) is 4.25. The number of aliphatic hydroxyl groups excluding tert-OH is 2. The van der Waals surface area contributed by atoms with Gasteiger partial charge in [0.1, 0.15) is 0 Å². The van der Waals surface area contributed by atoms with E-state index in [-0.39, 0.29) is 12.5 Å². The Kier molecular flexibility index (Phi) is 32.0. The Morgan fingerprint density at radius 3 is 1.41 bits per heavy atom. The van der Waals surface area contributed by atoms with Gasteiger partial charge >= 0.3 is 0 Å². The summed E-state index contributed by atoms with van der Waals surface area (Å²) in [6.07, 6.45) is 42.3. The van der Waals surface area contributed by atoms with Gasteiger partial charge in [0.2, 0.25) is 5.91 Å². The Balaban J connectivity index is 3.66. The smallest absolute Gasteiger partial charge is 0.220 e. The molecule has 0 aliphatic heterocycles. The van der Waals surface area contributed by atoms with E-state index in [2.05, 4.69) is 43.5 Å². The predicted molar refractivity (Wildman–Crippen MR) is 179 cm³/mol. The van der Waals surface area contributed by atoms with Crippen LogP contribution in [0.1, 0.15) is 174 Å². The molecule has 4 heteroatoms. The van der Waals surface area contributed by atoms with E-state index in [1.165, 1.54) is 109 Å². The molecule has 0 aromatic heterocycles. The quantitative estimate of drug-likeness (QED) is 0.0569. The van der Waals surface area contributed by atoms with E-state index in [1.54, 1.807) is 6.08 Å². The van der Waals surface area contributed by atoms with E-state index < -0.39 is 12.1 Å². The summed E-state index contributed by atoms with van der Waals surface area (Å²) in [6, 6.07) is -0.639. The fraction of sp³-hybridized carbons (Fsp3) is 0.811. The molecule has 2 unspecified atom stereocenters. The molecule has 0 spiro atoms. The molecule has 41 heavy (non-hydrogen) atoms. The number of unbranched alkanes of at least 4 members (excludes halogenated alkanes) is 20. The van der Waals surface area contributed by atoms with Crippen LogP contribution < -0.4 is 5.32 Å². The second-order valence-corrected chi connectivity index (χ2v) is 11.9. The lowest BCUT2D eigenvalue weighted by Gasteiger charge is -2.19. The molecule has 3 N–H and O–H groups in total. The zero-order chi connectivity index (χ0) is 30.1. The van der Waals surface area contributed by atoms with Crippen LogP contribution in [0.5, 0.6) is 0 Å².